The summed E-state index contributed by atoms with van der Waals surface area (Å²) in [6.45, 7) is 0. The predicted molar refractivity (Wildman–Crippen MR) is 50.2 cm³/mol. The molecule has 0 aliphatic carbocycles. The average molecular weight is 175 g/mol. The van der Waals surface area contributed by atoms with E-state index in [9.17, 15) is 4.79 Å². The van der Waals surface area contributed by atoms with Gasteiger partial charge in [-0.15, -0.1) is 0 Å². The molecule has 1 aromatic heterocycles. The van der Waals surface area contributed by atoms with Crippen LogP contribution in [0.25, 0.3) is 10.9 Å². The zero-order valence-electron chi connectivity index (χ0n) is 7.20. The third kappa shape index (κ3) is 1.28. The smallest absolute Gasteiger partial charge is 0.166 e. The Hall–Kier alpha value is -1.77. The highest BCUT2D eigenvalue weighted by Gasteiger charge is 2.00. The number of aromatic nitrogens is 1. The van der Waals surface area contributed by atoms with Gasteiger partial charge in [-0.05, 0) is 24.3 Å². The zero-order valence-corrected chi connectivity index (χ0v) is 7.20. The maximum Gasteiger partial charge on any atom is 0.166 e. The molecule has 0 radical (unpaired) electrons. The molecular formula is C10H9NO2. The van der Waals surface area contributed by atoms with Crippen molar-refractivity contribution >= 4 is 17.2 Å². The van der Waals surface area contributed by atoms with E-state index in [4.69, 9.17) is 4.74 Å². The normalized spacial score (nSPS) is 10.2. The standard InChI is InChI=1S/C10H9NO2/c1-13-9-2-3-10-7(5-9)4-8(6-12)11-10/h2-6,11H,1H3. The van der Waals surface area contributed by atoms with Gasteiger partial charge in [0, 0.05) is 10.9 Å². The summed E-state index contributed by atoms with van der Waals surface area (Å²) in [5.41, 5.74) is 1.53. The minimum absolute atomic E-state index is 0.586. The largest absolute Gasteiger partial charge is 0.497 e. The molecule has 0 bridgehead atoms. The van der Waals surface area contributed by atoms with Crippen molar-refractivity contribution in [2.45, 2.75) is 0 Å². The Morgan fingerprint density at radius 3 is 2.92 bits per heavy atom. The van der Waals surface area contributed by atoms with Gasteiger partial charge >= 0.3 is 0 Å². The van der Waals surface area contributed by atoms with E-state index < -0.39 is 0 Å². The van der Waals surface area contributed by atoms with Crippen LogP contribution in [0.15, 0.2) is 24.3 Å². The highest BCUT2D eigenvalue weighted by Crippen LogP contribution is 2.20. The van der Waals surface area contributed by atoms with Gasteiger partial charge < -0.3 is 9.72 Å². The van der Waals surface area contributed by atoms with Crippen LogP contribution in [0.4, 0.5) is 0 Å². The fourth-order valence-corrected chi connectivity index (χ4v) is 1.32. The summed E-state index contributed by atoms with van der Waals surface area (Å²) in [5, 5.41) is 0.987. The quantitative estimate of drug-likeness (QED) is 0.709. The molecule has 2 aromatic rings. The lowest BCUT2D eigenvalue weighted by Gasteiger charge is -1.97. The van der Waals surface area contributed by atoms with E-state index in [0.717, 1.165) is 22.9 Å². The molecule has 0 aliphatic rings. The van der Waals surface area contributed by atoms with Gasteiger partial charge in [0.25, 0.3) is 0 Å². The molecule has 66 valence electrons. The first-order chi connectivity index (χ1) is 6.33. The molecule has 13 heavy (non-hydrogen) atoms. The monoisotopic (exact) mass is 175 g/mol. The number of nitrogens with one attached hydrogen (secondary N) is 1. The second-order valence-electron chi connectivity index (χ2n) is 2.80. The number of rotatable bonds is 2. The van der Waals surface area contributed by atoms with Gasteiger partial charge in [0.2, 0.25) is 0 Å². The number of H-pyrrole nitrogens is 1. The Balaban J connectivity index is 2.63. The van der Waals surface area contributed by atoms with E-state index in [-0.39, 0.29) is 0 Å². The Morgan fingerprint density at radius 1 is 1.38 bits per heavy atom. The Bertz CT molecular complexity index is 445. The summed E-state index contributed by atoms with van der Waals surface area (Å²) in [6.07, 6.45) is 0.798. The van der Waals surface area contributed by atoms with Crippen LogP contribution < -0.4 is 4.74 Å². The molecule has 0 saturated carbocycles. The van der Waals surface area contributed by atoms with E-state index in [0.29, 0.717) is 5.69 Å². The first kappa shape index (κ1) is 7.86. The number of benzene rings is 1. The van der Waals surface area contributed by atoms with Gasteiger partial charge in [-0.1, -0.05) is 0 Å². The number of hydrogen-bond donors (Lipinski definition) is 1. The second-order valence-corrected chi connectivity index (χ2v) is 2.80. The van der Waals surface area contributed by atoms with Crippen molar-refractivity contribution in [1.29, 1.82) is 0 Å². The SMILES string of the molecule is COc1ccc2[nH]c(C=O)cc2c1. The summed E-state index contributed by atoms with van der Waals surface area (Å²) in [6, 6.07) is 7.43. The number of carbonyl (C=O) groups is 1. The van der Waals surface area contributed by atoms with Gasteiger partial charge in [-0.25, -0.2) is 0 Å². The van der Waals surface area contributed by atoms with Crippen LogP contribution in [0.3, 0.4) is 0 Å². The maximum atomic E-state index is 10.5. The number of hydrogen-bond acceptors (Lipinski definition) is 2. The molecule has 0 amide bonds. The summed E-state index contributed by atoms with van der Waals surface area (Å²) in [4.78, 5) is 13.4. The van der Waals surface area contributed by atoms with E-state index >= 15 is 0 Å². The summed E-state index contributed by atoms with van der Waals surface area (Å²) < 4.78 is 5.06. The third-order valence-corrected chi connectivity index (χ3v) is 1.98. The van der Waals surface area contributed by atoms with Crippen molar-refractivity contribution < 1.29 is 9.53 Å². The first-order valence-corrected chi connectivity index (χ1v) is 3.95. The van der Waals surface area contributed by atoms with Gasteiger partial charge in [0.15, 0.2) is 6.29 Å². The highest BCUT2D eigenvalue weighted by atomic mass is 16.5. The minimum atomic E-state index is 0.586. The number of fused-ring (bicyclic) bond motifs is 1. The zero-order chi connectivity index (χ0) is 9.26. The number of ether oxygens (including phenoxy) is 1. The van der Waals surface area contributed by atoms with Crippen molar-refractivity contribution in [3.8, 4) is 5.75 Å². The first-order valence-electron chi connectivity index (χ1n) is 3.95. The van der Waals surface area contributed by atoms with Crippen LogP contribution in [0.5, 0.6) is 5.75 Å². The lowest BCUT2D eigenvalue weighted by Crippen LogP contribution is -1.80. The van der Waals surface area contributed by atoms with Crippen LogP contribution in [0.1, 0.15) is 10.5 Å². The topological polar surface area (TPSA) is 42.1 Å². The molecule has 0 fully saturated rings. The van der Waals surface area contributed by atoms with E-state index in [1.165, 1.54) is 0 Å². The molecule has 0 spiro atoms. The van der Waals surface area contributed by atoms with Gasteiger partial charge in [0.05, 0.1) is 12.8 Å². The number of methoxy groups -OCH3 is 1. The lowest BCUT2D eigenvalue weighted by molar-refractivity contribution is 0.112. The van der Waals surface area contributed by atoms with Crippen molar-refractivity contribution in [1.82, 2.24) is 4.98 Å². The van der Waals surface area contributed by atoms with Crippen LogP contribution in [-0.4, -0.2) is 18.4 Å². The predicted octanol–water partition coefficient (Wildman–Crippen LogP) is 1.99. The second kappa shape index (κ2) is 2.94. The number of carbonyl (C=O) groups excluding carboxylic acids is 1. The fraction of sp³-hybridized carbons (Fsp3) is 0.100. The van der Waals surface area contributed by atoms with Crippen LogP contribution in [0.2, 0.25) is 0 Å². The van der Waals surface area contributed by atoms with Crippen molar-refractivity contribution in [3.05, 3.63) is 30.0 Å². The van der Waals surface area contributed by atoms with E-state index in [1.807, 2.05) is 18.2 Å². The molecule has 3 heteroatoms. The van der Waals surface area contributed by atoms with Crippen molar-refractivity contribution in [2.24, 2.45) is 0 Å². The molecule has 1 heterocycles. The molecule has 3 nitrogen and oxygen atoms in total. The minimum Gasteiger partial charge on any atom is -0.497 e. The molecule has 1 aromatic carbocycles. The Morgan fingerprint density at radius 2 is 2.23 bits per heavy atom. The molecular weight excluding hydrogens is 166 g/mol. The Kier molecular flexibility index (Phi) is 1.77. The fourth-order valence-electron chi connectivity index (χ4n) is 1.32. The van der Waals surface area contributed by atoms with Crippen LogP contribution >= 0.6 is 0 Å². The average Bonchev–Trinajstić information content (AvgIpc) is 2.58. The van der Waals surface area contributed by atoms with Crippen LogP contribution in [0, 0.1) is 0 Å². The van der Waals surface area contributed by atoms with Crippen molar-refractivity contribution in [3.63, 3.8) is 0 Å². The molecule has 0 unspecified atom stereocenters. The Labute approximate surface area is 75.3 Å². The van der Waals surface area contributed by atoms with E-state index in [1.54, 1.807) is 13.2 Å². The van der Waals surface area contributed by atoms with Crippen LogP contribution in [-0.2, 0) is 0 Å². The third-order valence-electron chi connectivity index (χ3n) is 1.98. The lowest BCUT2D eigenvalue weighted by atomic mass is 10.2. The molecule has 0 atom stereocenters. The number of aldehydes is 1. The molecule has 1 N–H and O–H groups in total. The van der Waals surface area contributed by atoms with Gasteiger partial charge in [0.1, 0.15) is 5.75 Å². The van der Waals surface area contributed by atoms with E-state index in [2.05, 4.69) is 4.98 Å². The molecule has 2 rings (SSSR count). The maximum absolute atomic E-state index is 10.5. The molecule has 0 saturated heterocycles. The summed E-state index contributed by atoms with van der Waals surface area (Å²) in [7, 11) is 1.62. The summed E-state index contributed by atoms with van der Waals surface area (Å²) >= 11 is 0. The highest BCUT2D eigenvalue weighted by molar-refractivity contribution is 5.88. The van der Waals surface area contributed by atoms with Gasteiger partial charge in [-0.2, -0.15) is 0 Å². The van der Waals surface area contributed by atoms with Gasteiger partial charge in [-0.3, -0.25) is 4.79 Å². The molecule has 0 aliphatic heterocycles. The number of aromatic amines is 1. The van der Waals surface area contributed by atoms with Crippen molar-refractivity contribution in [2.75, 3.05) is 7.11 Å². The summed E-state index contributed by atoms with van der Waals surface area (Å²) in [5.74, 6) is 0.795.